The molecule has 1 aromatic carbocycles. The van der Waals surface area contributed by atoms with E-state index in [1.807, 2.05) is 18.2 Å². The Morgan fingerprint density at radius 1 is 0.741 bits per heavy atom. The molecule has 1 aromatic rings. The highest BCUT2D eigenvalue weighted by Gasteiger charge is 2.16. The Labute approximate surface area is 169 Å². The molecular weight excluding hydrogens is 355 g/mol. The number of unbranched alkanes of at least 4 members (excludes halogenated alkanes) is 4. The van der Waals surface area contributed by atoms with Crippen LogP contribution in [0.5, 0.6) is 5.75 Å². The predicted octanol–water partition coefficient (Wildman–Crippen LogP) is 8.07. The molecule has 4 heteroatoms. The molecule has 0 radical (unpaired) electrons. The van der Waals surface area contributed by atoms with Gasteiger partial charge in [0, 0.05) is 0 Å². The highest BCUT2D eigenvalue weighted by Crippen LogP contribution is 2.42. The van der Waals surface area contributed by atoms with Gasteiger partial charge in [-0.2, -0.15) is 0 Å². The SMILES string of the molecule is Cc1ccccc1OP(OCCCCCC(C)C)OCCCCCC(C)C. The number of hydrogen-bond donors (Lipinski definition) is 0. The molecule has 0 aliphatic heterocycles. The Hall–Kier alpha value is -0.630. The van der Waals surface area contributed by atoms with E-state index in [-0.39, 0.29) is 0 Å². The van der Waals surface area contributed by atoms with Crippen molar-refractivity contribution in [1.29, 1.82) is 0 Å². The minimum absolute atomic E-state index is 0.711. The molecule has 1 rings (SSSR count). The van der Waals surface area contributed by atoms with Crippen molar-refractivity contribution in [3.05, 3.63) is 29.8 Å². The molecule has 0 aliphatic rings. The van der Waals surface area contributed by atoms with Crippen molar-refractivity contribution in [2.45, 2.75) is 86.0 Å². The zero-order chi connectivity index (χ0) is 19.9. The van der Waals surface area contributed by atoms with Gasteiger partial charge in [0.1, 0.15) is 5.75 Å². The lowest BCUT2D eigenvalue weighted by Gasteiger charge is -2.18. The summed E-state index contributed by atoms with van der Waals surface area (Å²) in [5.74, 6) is 2.43. The van der Waals surface area contributed by atoms with Crippen molar-refractivity contribution in [2.75, 3.05) is 13.2 Å². The Morgan fingerprint density at radius 3 is 1.74 bits per heavy atom. The van der Waals surface area contributed by atoms with Gasteiger partial charge >= 0.3 is 8.60 Å². The summed E-state index contributed by atoms with van der Waals surface area (Å²) in [6, 6.07) is 8.06. The summed E-state index contributed by atoms with van der Waals surface area (Å²) in [7, 11) is -1.32. The van der Waals surface area contributed by atoms with Gasteiger partial charge in [-0.05, 0) is 43.2 Å². The molecule has 0 aliphatic carbocycles. The fraction of sp³-hybridized carbons (Fsp3) is 0.739. The van der Waals surface area contributed by atoms with Crippen LogP contribution in [0.2, 0.25) is 0 Å². The Bertz CT molecular complexity index is 456. The third-order valence-electron chi connectivity index (χ3n) is 4.51. The van der Waals surface area contributed by atoms with E-state index < -0.39 is 8.60 Å². The van der Waals surface area contributed by atoms with Crippen molar-refractivity contribution in [3.63, 3.8) is 0 Å². The second-order valence-corrected chi connectivity index (χ2v) is 9.38. The molecule has 0 saturated heterocycles. The molecule has 0 spiro atoms. The molecular formula is C23H41O3P. The summed E-state index contributed by atoms with van der Waals surface area (Å²) >= 11 is 0. The summed E-state index contributed by atoms with van der Waals surface area (Å²) < 4.78 is 18.0. The largest absolute Gasteiger partial charge is 0.426 e. The maximum absolute atomic E-state index is 6.06. The van der Waals surface area contributed by atoms with Crippen molar-refractivity contribution >= 4 is 8.60 Å². The first-order chi connectivity index (χ1) is 13.0. The van der Waals surface area contributed by atoms with E-state index in [1.165, 1.54) is 38.5 Å². The fourth-order valence-corrected chi connectivity index (χ4v) is 3.87. The van der Waals surface area contributed by atoms with E-state index in [0.717, 1.165) is 36.0 Å². The van der Waals surface area contributed by atoms with Gasteiger partial charge in [0.15, 0.2) is 0 Å². The molecule has 0 atom stereocenters. The van der Waals surface area contributed by atoms with Gasteiger partial charge in [0.05, 0.1) is 13.2 Å². The summed E-state index contributed by atoms with van der Waals surface area (Å²) in [5, 5.41) is 0. The lowest BCUT2D eigenvalue weighted by Crippen LogP contribution is -2.02. The van der Waals surface area contributed by atoms with Gasteiger partial charge in [-0.15, -0.1) is 0 Å². The van der Waals surface area contributed by atoms with Crippen LogP contribution in [0.1, 0.15) is 84.6 Å². The maximum atomic E-state index is 6.06. The normalized spacial score (nSPS) is 11.7. The van der Waals surface area contributed by atoms with E-state index in [2.05, 4.69) is 40.7 Å². The van der Waals surface area contributed by atoms with Crippen LogP contribution in [-0.4, -0.2) is 13.2 Å². The number of rotatable bonds is 16. The number of para-hydroxylation sites is 1. The molecule has 0 saturated carbocycles. The van der Waals surface area contributed by atoms with Gasteiger partial charge in [-0.1, -0.05) is 84.4 Å². The second kappa shape index (κ2) is 15.3. The quantitative estimate of drug-likeness (QED) is 0.209. The molecule has 0 heterocycles. The molecule has 0 bridgehead atoms. The van der Waals surface area contributed by atoms with Crippen molar-refractivity contribution < 1.29 is 13.6 Å². The zero-order valence-corrected chi connectivity index (χ0v) is 19.1. The van der Waals surface area contributed by atoms with E-state index in [0.29, 0.717) is 13.2 Å². The smallest absolute Gasteiger partial charge is 0.397 e. The molecule has 27 heavy (non-hydrogen) atoms. The lowest BCUT2D eigenvalue weighted by atomic mass is 10.1. The van der Waals surface area contributed by atoms with Crippen LogP contribution in [0.3, 0.4) is 0 Å². The van der Waals surface area contributed by atoms with E-state index in [9.17, 15) is 0 Å². The molecule has 3 nitrogen and oxygen atoms in total. The molecule has 0 N–H and O–H groups in total. The van der Waals surface area contributed by atoms with Crippen molar-refractivity contribution in [1.82, 2.24) is 0 Å². The molecule has 156 valence electrons. The summed E-state index contributed by atoms with van der Waals surface area (Å²) in [6.45, 7) is 12.6. The van der Waals surface area contributed by atoms with Crippen LogP contribution in [0, 0.1) is 18.8 Å². The highest BCUT2D eigenvalue weighted by molar-refractivity contribution is 7.42. The zero-order valence-electron chi connectivity index (χ0n) is 18.2. The molecule has 0 fully saturated rings. The van der Waals surface area contributed by atoms with Gasteiger partial charge < -0.3 is 13.6 Å². The topological polar surface area (TPSA) is 27.7 Å². The van der Waals surface area contributed by atoms with Crippen LogP contribution >= 0.6 is 8.60 Å². The molecule has 0 aromatic heterocycles. The average Bonchev–Trinajstić information content (AvgIpc) is 2.61. The van der Waals surface area contributed by atoms with Gasteiger partial charge in [-0.25, -0.2) is 0 Å². The highest BCUT2D eigenvalue weighted by atomic mass is 31.2. The fourth-order valence-electron chi connectivity index (χ4n) is 2.77. The number of benzene rings is 1. The summed E-state index contributed by atoms with van der Waals surface area (Å²) in [5.41, 5.74) is 1.12. The third kappa shape index (κ3) is 13.2. The summed E-state index contributed by atoms with van der Waals surface area (Å²) in [4.78, 5) is 0. The van der Waals surface area contributed by atoms with E-state index >= 15 is 0 Å². The number of aryl methyl sites for hydroxylation is 1. The maximum Gasteiger partial charge on any atom is 0.397 e. The minimum Gasteiger partial charge on any atom is -0.426 e. The molecule has 0 amide bonds. The van der Waals surface area contributed by atoms with E-state index in [1.54, 1.807) is 0 Å². The van der Waals surface area contributed by atoms with Crippen LogP contribution in [-0.2, 0) is 9.05 Å². The van der Waals surface area contributed by atoms with Crippen molar-refractivity contribution in [2.24, 2.45) is 11.8 Å². The first-order valence-electron chi connectivity index (χ1n) is 10.8. The lowest BCUT2D eigenvalue weighted by molar-refractivity contribution is 0.198. The van der Waals surface area contributed by atoms with Crippen LogP contribution < -0.4 is 4.52 Å². The average molecular weight is 397 g/mol. The van der Waals surface area contributed by atoms with Crippen LogP contribution in [0.25, 0.3) is 0 Å². The van der Waals surface area contributed by atoms with Gasteiger partial charge in [0.25, 0.3) is 0 Å². The minimum atomic E-state index is -1.32. The predicted molar refractivity (Wildman–Crippen MR) is 117 cm³/mol. The van der Waals surface area contributed by atoms with E-state index in [4.69, 9.17) is 13.6 Å². The summed E-state index contributed by atoms with van der Waals surface area (Å²) in [6.07, 6.45) is 9.69. The second-order valence-electron chi connectivity index (χ2n) is 8.23. The Kier molecular flexibility index (Phi) is 13.8. The third-order valence-corrected chi connectivity index (χ3v) is 5.64. The first kappa shape index (κ1) is 24.4. The van der Waals surface area contributed by atoms with Gasteiger partial charge in [0.2, 0.25) is 0 Å². The molecule has 0 unspecified atom stereocenters. The monoisotopic (exact) mass is 396 g/mol. The Morgan fingerprint density at radius 2 is 1.26 bits per heavy atom. The first-order valence-corrected chi connectivity index (χ1v) is 11.9. The standard InChI is InChI=1S/C23H41O3P/c1-20(2)14-8-6-12-18-24-27(25-19-13-7-9-15-21(3)4)26-23-17-11-10-16-22(23)5/h10-11,16-17,20-21H,6-9,12-15,18-19H2,1-5H3. The van der Waals surface area contributed by atoms with Crippen LogP contribution in [0.15, 0.2) is 24.3 Å². The number of hydrogen-bond acceptors (Lipinski definition) is 3. The van der Waals surface area contributed by atoms with Crippen LogP contribution in [0.4, 0.5) is 0 Å². The Balaban J connectivity index is 2.34. The van der Waals surface area contributed by atoms with Crippen molar-refractivity contribution in [3.8, 4) is 5.75 Å². The van der Waals surface area contributed by atoms with Gasteiger partial charge in [-0.3, -0.25) is 0 Å².